The van der Waals surface area contributed by atoms with Crippen LogP contribution in [0.1, 0.15) is 28.8 Å². The first-order valence-corrected chi connectivity index (χ1v) is 9.56. The van der Waals surface area contributed by atoms with E-state index >= 15 is 0 Å². The van der Waals surface area contributed by atoms with Gasteiger partial charge in [-0.25, -0.2) is 0 Å². The Morgan fingerprint density at radius 2 is 1.76 bits per heavy atom. The van der Waals surface area contributed by atoms with Gasteiger partial charge >= 0.3 is 5.97 Å². The molecule has 7 heteroatoms. The molecule has 3 rings (SSSR count). The maximum atomic E-state index is 12.6. The summed E-state index contributed by atoms with van der Waals surface area (Å²) < 4.78 is 5.34. The number of nitrogens with zero attached hydrogens (tertiary/aromatic N) is 1. The molecule has 0 spiro atoms. The second-order valence-electron chi connectivity index (χ2n) is 6.90. The quantitative estimate of drug-likeness (QED) is 0.748. The smallest absolute Gasteiger partial charge is 0.308 e. The van der Waals surface area contributed by atoms with Gasteiger partial charge in [-0.1, -0.05) is 30.3 Å². The minimum atomic E-state index is -0.924. The van der Waals surface area contributed by atoms with Crippen LogP contribution in [0.25, 0.3) is 0 Å². The van der Waals surface area contributed by atoms with Gasteiger partial charge < -0.3 is 20.1 Å². The first kappa shape index (κ1) is 20.4. The second-order valence-corrected chi connectivity index (χ2v) is 6.90. The fourth-order valence-electron chi connectivity index (χ4n) is 3.53. The third kappa shape index (κ3) is 4.93. The molecule has 0 aromatic heterocycles. The van der Waals surface area contributed by atoms with E-state index in [1.807, 2.05) is 37.3 Å². The molecule has 0 bridgehead atoms. The number of amides is 2. The van der Waals surface area contributed by atoms with Crippen molar-refractivity contribution in [3.63, 3.8) is 0 Å². The normalized spacial score (nSPS) is 18.3. The number of rotatable bonds is 7. The van der Waals surface area contributed by atoms with E-state index in [1.165, 1.54) is 4.90 Å². The van der Waals surface area contributed by atoms with Crippen LogP contribution in [0.3, 0.4) is 0 Å². The molecule has 1 heterocycles. The topological polar surface area (TPSA) is 95.9 Å². The minimum absolute atomic E-state index is 0.132. The van der Waals surface area contributed by atoms with Crippen LogP contribution in [-0.2, 0) is 9.59 Å². The number of likely N-dealkylation sites (tertiary alicyclic amines) is 1. The Kier molecular flexibility index (Phi) is 6.49. The SMILES string of the molecule is CCOc1ccc(C(=O)NCC(=O)N2CC(C(=O)O)C(c3ccccc3)C2)cc1. The molecule has 1 fully saturated rings. The lowest BCUT2D eigenvalue weighted by atomic mass is 9.89. The molecular formula is C22H24N2O5. The molecule has 2 amide bonds. The molecule has 152 valence electrons. The number of carboxylic acid groups (broad SMARTS) is 1. The van der Waals surface area contributed by atoms with Crippen molar-refractivity contribution in [3.8, 4) is 5.75 Å². The van der Waals surface area contributed by atoms with Crippen molar-refractivity contribution in [2.75, 3.05) is 26.2 Å². The number of nitrogens with one attached hydrogen (secondary N) is 1. The molecule has 2 unspecified atom stereocenters. The summed E-state index contributed by atoms with van der Waals surface area (Å²) in [6, 6.07) is 16.0. The van der Waals surface area contributed by atoms with Crippen LogP contribution in [0.2, 0.25) is 0 Å². The monoisotopic (exact) mass is 396 g/mol. The van der Waals surface area contributed by atoms with Gasteiger partial charge in [0.1, 0.15) is 5.75 Å². The van der Waals surface area contributed by atoms with E-state index in [-0.39, 0.29) is 30.8 Å². The van der Waals surface area contributed by atoms with E-state index in [4.69, 9.17) is 4.74 Å². The predicted octanol–water partition coefficient (Wildman–Crippen LogP) is 2.14. The molecule has 0 radical (unpaired) electrons. The molecule has 2 aromatic rings. The Morgan fingerprint density at radius 3 is 2.38 bits per heavy atom. The van der Waals surface area contributed by atoms with Crippen molar-refractivity contribution in [3.05, 3.63) is 65.7 Å². The fraction of sp³-hybridized carbons (Fsp3) is 0.318. The van der Waals surface area contributed by atoms with E-state index < -0.39 is 11.9 Å². The third-order valence-corrected chi connectivity index (χ3v) is 5.05. The summed E-state index contributed by atoms with van der Waals surface area (Å²) in [7, 11) is 0. The van der Waals surface area contributed by atoms with Gasteiger partial charge in [0.2, 0.25) is 5.91 Å². The standard InChI is InChI=1S/C22H24N2O5/c1-2-29-17-10-8-16(9-11-17)21(26)23-12-20(25)24-13-18(19(14-24)22(27)28)15-6-4-3-5-7-15/h3-11,18-19H,2,12-14H2,1H3,(H,23,26)(H,27,28). The van der Waals surface area contributed by atoms with Crippen LogP contribution >= 0.6 is 0 Å². The van der Waals surface area contributed by atoms with Gasteiger partial charge in [-0.15, -0.1) is 0 Å². The van der Waals surface area contributed by atoms with Crippen molar-refractivity contribution in [1.82, 2.24) is 10.2 Å². The average Bonchev–Trinajstić information content (AvgIpc) is 3.19. The van der Waals surface area contributed by atoms with Crippen molar-refractivity contribution in [2.24, 2.45) is 5.92 Å². The first-order chi connectivity index (χ1) is 14.0. The van der Waals surface area contributed by atoms with Gasteiger partial charge in [-0.3, -0.25) is 14.4 Å². The summed E-state index contributed by atoms with van der Waals surface area (Å²) in [6.45, 7) is 2.68. The molecule has 1 saturated heterocycles. The maximum Gasteiger partial charge on any atom is 0.308 e. The van der Waals surface area contributed by atoms with E-state index in [0.29, 0.717) is 24.5 Å². The number of hydrogen-bond donors (Lipinski definition) is 2. The number of carbonyl (C=O) groups is 3. The van der Waals surface area contributed by atoms with Crippen LogP contribution < -0.4 is 10.1 Å². The summed E-state index contributed by atoms with van der Waals surface area (Å²) in [4.78, 5) is 38.0. The lowest BCUT2D eigenvalue weighted by molar-refractivity contribution is -0.141. The number of carbonyl (C=O) groups excluding carboxylic acids is 2. The zero-order valence-electron chi connectivity index (χ0n) is 16.2. The lowest BCUT2D eigenvalue weighted by Crippen LogP contribution is -2.39. The van der Waals surface area contributed by atoms with Crippen LogP contribution in [0, 0.1) is 5.92 Å². The number of hydrogen-bond acceptors (Lipinski definition) is 4. The van der Waals surface area contributed by atoms with Crippen molar-refractivity contribution in [2.45, 2.75) is 12.8 Å². The van der Waals surface area contributed by atoms with Gasteiger partial charge in [0.15, 0.2) is 0 Å². The van der Waals surface area contributed by atoms with Gasteiger partial charge in [-0.2, -0.15) is 0 Å². The van der Waals surface area contributed by atoms with Gasteiger partial charge in [0.05, 0.1) is 19.1 Å². The summed E-state index contributed by atoms with van der Waals surface area (Å²) in [5.41, 5.74) is 1.32. The van der Waals surface area contributed by atoms with Gasteiger partial charge in [0.25, 0.3) is 5.91 Å². The van der Waals surface area contributed by atoms with Crippen molar-refractivity contribution >= 4 is 17.8 Å². The highest BCUT2D eigenvalue weighted by molar-refractivity contribution is 5.96. The maximum absolute atomic E-state index is 12.6. The Labute approximate surface area is 169 Å². The molecule has 1 aliphatic heterocycles. The zero-order chi connectivity index (χ0) is 20.8. The largest absolute Gasteiger partial charge is 0.494 e. The molecule has 2 aromatic carbocycles. The Hall–Kier alpha value is -3.35. The lowest BCUT2D eigenvalue weighted by Gasteiger charge is -2.17. The highest BCUT2D eigenvalue weighted by Crippen LogP contribution is 2.32. The van der Waals surface area contributed by atoms with Crippen LogP contribution in [-0.4, -0.2) is 54.0 Å². The highest BCUT2D eigenvalue weighted by atomic mass is 16.5. The Balaban J connectivity index is 1.59. The summed E-state index contributed by atoms with van der Waals surface area (Å²) in [6.07, 6.45) is 0. The minimum Gasteiger partial charge on any atom is -0.494 e. The van der Waals surface area contributed by atoms with E-state index in [0.717, 1.165) is 5.56 Å². The van der Waals surface area contributed by atoms with Crippen LogP contribution in [0.5, 0.6) is 5.75 Å². The third-order valence-electron chi connectivity index (χ3n) is 5.05. The molecule has 29 heavy (non-hydrogen) atoms. The van der Waals surface area contributed by atoms with E-state index in [1.54, 1.807) is 24.3 Å². The highest BCUT2D eigenvalue weighted by Gasteiger charge is 2.40. The Bertz CT molecular complexity index is 867. The molecule has 1 aliphatic rings. The Morgan fingerprint density at radius 1 is 1.07 bits per heavy atom. The number of carboxylic acids is 1. The van der Waals surface area contributed by atoms with Crippen LogP contribution in [0.4, 0.5) is 0 Å². The number of aliphatic carboxylic acids is 1. The zero-order valence-corrected chi connectivity index (χ0v) is 16.2. The van der Waals surface area contributed by atoms with Crippen LogP contribution in [0.15, 0.2) is 54.6 Å². The first-order valence-electron chi connectivity index (χ1n) is 9.56. The average molecular weight is 396 g/mol. The number of benzene rings is 2. The van der Waals surface area contributed by atoms with Crippen molar-refractivity contribution in [1.29, 1.82) is 0 Å². The molecular weight excluding hydrogens is 372 g/mol. The van der Waals surface area contributed by atoms with E-state index in [2.05, 4.69) is 5.32 Å². The molecule has 0 aliphatic carbocycles. The summed E-state index contributed by atoms with van der Waals surface area (Å²) >= 11 is 0. The fourth-order valence-corrected chi connectivity index (χ4v) is 3.53. The van der Waals surface area contributed by atoms with Crippen molar-refractivity contribution < 1.29 is 24.2 Å². The molecule has 2 atom stereocenters. The summed E-state index contributed by atoms with van der Waals surface area (Å²) in [5.74, 6) is -1.84. The number of ether oxygens (including phenoxy) is 1. The summed E-state index contributed by atoms with van der Waals surface area (Å²) in [5, 5.41) is 12.2. The second kappa shape index (κ2) is 9.23. The van der Waals surface area contributed by atoms with E-state index in [9.17, 15) is 19.5 Å². The predicted molar refractivity (Wildman–Crippen MR) is 107 cm³/mol. The molecule has 0 saturated carbocycles. The van der Waals surface area contributed by atoms with Gasteiger partial charge in [-0.05, 0) is 36.8 Å². The molecule has 2 N–H and O–H groups in total. The molecule has 7 nitrogen and oxygen atoms in total. The van der Waals surface area contributed by atoms with Gasteiger partial charge in [0, 0.05) is 24.6 Å².